The molecule has 2 N–H and O–H groups in total. The summed E-state index contributed by atoms with van der Waals surface area (Å²) in [7, 11) is -3.57. The maximum Gasteiger partial charge on any atom is 0.223 e. The smallest absolute Gasteiger partial charge is 0.223 e. The SMILES string of the molecule is Nc1ccc(S(=O)(=O)c2cccc(Br)n2)cc1. The summed E-state index contributed by atoms with van der Waals surface area (Å²) in [4.78, 5) is 4.12. The summed E-state index contributed by atoms with van der Waals surface area (Å²) < 4.78 is 24.8. The van der Waals surface area contributed by atoms with Crippen molar-refractivity contribution in [2.45, 2.75) is 9.92 Å². The molecule has 0 saturated carbocycles. The van der Waals surface area contributed by atoms with Gasteiger partial charge in [-0.2, -0.15) is 0 Å². The van der Waals surface area contributed by atoms with E-state index in [1.54, 1.807) is 24.3 Å². The number of anilines is 1. The fourth-order valence-electron chi connectivity index (χ4n) is 1.31. The minimum Gasteiger partial charge on any atom is -0.399 e. The summed E-state index contributed by atoms with van der Waals surface area (Å²) in [6.45, 7) is 0. The first kappa shape index (κ1) is 12.1. The molecule has 0 bridgehead atoms. The van der Waals surface area contributed by atoms with E-state index in [2.05, 4.69) is 20.9 Å². The number of benzene rings is 1. The lowest BCUT2D eigenvalue weighted by molar-refractivity contribution is 0.592. The van der Waals surface area contributed by atoms with Crippen LogP contribution >= 0.6 is 15.9 Å². The van der Waals surface area contributed by atoms with Gasteiger partial charge in [0, 0.05) is 5.69 Å². The van der Waals surface area contributed by atoms with Crippen molar-refractivity contribution in [3.8, 4) is 0 Å². The van der Waals surface area contributed by atoms with Crippen molar-refractivity contribution in [3.05, 3.63) is 47.1 Å². The Hall–Kier alpha value is -1.40. The molecule has 17 heavy (non-hydrogen) atoms. The minimum absolute atomic E-state index is 0.0108. The highest BCUT2D eigenvalue weighted by molar-refractivity contribution is 9.10. The highest BCUT2D eigenvalue weighted by atomic mass is 79.9. The van der Waals surface area contributed by atoms with Crippen molar-refractivity contribution in [1.29, 1.82) is 0 Å². The molecule has 4 nitrogen and oxygen atoms in total. The third kappa shape index (κ3) is 2.48. The molecule has 88 valence electrons. The van der Waals surface area contributed by atoms with Crippen LogP contribution in [0.25, 0.3) is 0 Å². The van der Waals surface area contributed by atoms with Gasteiger partial charge in [0.15, 0.2) is 5.03 Å². The van der Waals surface area contributed by atoms with E-state index in [4.69, 9.17) is 5.73 Å². The Balaban J connectivity index is 2.54. The third-order valence-electron chi connectivity index (χ3n) is 2.16. The van der Waals surface area contributed by atoms with Crippen LogP contribution in [-0.2, 0) is 9.84 Å². The van der Waals surface area contributed by atoms with Gasteiger partial charge < -0.3 is 5.73 Å². The van der Waals surface area contributed by atoms with Crippen molar-refractivity contribution in [2.24, 2.45) is 0 Å². The molecular formula is C11H9BrN2O2S. The van der Waals surface area contributed by atoms with E-state index in [0.717, 1.165) is 0 Å². The Morgan fingerprint density at radius 2 is 1.71 bits per heavy atom. The number of aromatic nitrogens is 1. The Morgan fingerprint density at radius 1 is 1.06 bits per heavy atom. The highest BCUT2D eigenvalue weighted by Crippen LogP contribution is 2.21. The van der Waals surface area contributed by atoms with Crippen LogP contribution in [0.15, 0.2) is 57.0 Å². The van der Waals surface area contributed by atoms with E-state index in [1.165, 1.54) is 18.2 Å². The molecule has 0 aliphatic heterocycles. The first-order valence-corrected chi connectivity index (χ1v) is 7.01. The second-order valence-corrected chi connectivity index (χ2v) is 6.08. The molecule has 0 atom stereocenters. The number of hydrogen-bond acceptors (Lipinski definition) is 4. The first-order chi connectivity index (χ1) is 8.00. The quantitative estimate of drug-likeness (QED) is 0.682. The normalized spacial score (nSPS) is 11.4. The Morgan fingerprint density at radius 3 is 2.29 bits per heavy atom. The Kier molecular flexibility index (Phi) is 3.17. The van der Waals surface area contributed by atoms with Crippen molar-refractivity contribution in [3.63, 3.8) is 0 Å². The molecule has 0 aliphatic rings. The number of nitrogens with zero attached hydrogens (tertiary/aromatic N) is 1. The largest absolute Gasteiger partial charge is 0.399 e. The fraction of sp³-hybridized carbons (Fsp3) is 0. The summed E-state index contributed by atoms with van der Waals surface area (Å²) in [6.07, 6.45) is 0. The molecule has 0 radical (unpaired) electrons. The zero-order chi connectivity index (χ0) is 12.5. The molecule has 0 spiro atoms. The highest BCUT2D eigenvalue weighted by Gasteiger charge is 2.18. The van der Waals surface area contributed by atoms with Gasteiger partial charge in [-0.1, -0.05) is 6.07 Å². The number of sulfone groups is 1. The molecule has 6 heteroatoms. The van der Waals surface area contributed by atoms with E-state index in [0.29, 0.717) is 10.3 Å². The predicted octanol–water partition coefficient (Wildman–Crippen LogP) is 2.26. The first-order valence-electron chi connectivity index (χ1n) is 4.73. The van der Waals surface area contributed by atoms with Crippen molar-refractivity contribution >= 4 is 31.5 Å². The monoisotopic (exact) mass is 312 g/mol. The van der Waals surface area contributed by atoms with E-state index in [9.17, 15) is 8.42 Å². The molecular weight excluding hydrogens is 304 g/mol. The minimum atomic E-state index is -3.57. The lowest BCUT2D eigenvalue weighted by Gasteiger charge is -2.04. The van der Waals surface area contributed by atoms with Gasteiger partial charge in [-0.15, -0.1) is 0 Å². The van der Waals surface area contributed by atoms with Crippen molar-refractivity contribution in [2.75, 3.05) is 5.73 Å². The van der Waals surface area contributed by atoms with E-state index >= 15 is 0 Å². The van der Waals surface area contributed by atoms with Crippen molar-refractivity contribution in [1.82, 2.24) is 4.98 Å². The second-order valence-electron chi connectivity index (χ2n) is 3.37. The second kappa shape index (κ2) is 4.46. The number of halogens is 1. The zero-order valence-corrected chi connectivity index (χ0v) is 11.1. The maximum absolute atomic E-state index is 12.2. The van der Waals surface area contributed by atoms with Crippen LogP contribution in [0.1, 0.15) is 0 Å². The third-order valence-corrected chi connectivity index (χ3v) is 4.27. The predicted molar refractivity (Wildman–Crippen MR) is 68.2 cm³/mol. The van der Waals surface area contributed by atoms with Crippen LogP contribution in [-0.4, -0.2) is 13.4 Å². The number of nitrogen functional groups attached to an aromatic ring is 1. The average molecular weight is 313 g/mol. The number of rotatable bonds is 2. The van der Waals surface area contributed by atoms with Crippen molar-refractivity contribution < 1.29 is 8.42 Å². The van der Waals surface area contributed by atoms with Crippen LogP contribution in [0.3, 0.4) is 0 Å². The lowest BCUT2D eigenvalue weighted by Crippen LogP contribution is -2.04. The van der Waals surface area contributed by atoms with Crippen LogP contribution < -0.4 is 5.73 Å². The number of hydrogen-bond donors (Lipinski definition) is 1. The topological polar surface area (TPSA) is 73.1 Å². The summed E-state index contributed by atoms with van der Waals surface area (Å²) in [6, 6.07) is 10.8. The maximum atomic E-state index is 12.2. The van der Waals surface area contributed by atoms with Gasteiger partial charge in [-0.3, -0.25) is 0 Å². The lowest BCUT2D eigenvalue weighted by atomic mass is 10.3. The summed E-state index contributed by atoms with van der Waals surface area (Å²) in [5, 5.41) is 0.0108. The van der Waals surface area contributed by atoms with Gasteiger partial charge in [-0.05, 0) is 52.3 Å². The van der Waals surface area contributed by atoms with Gasteiger partial charge >= 0.3 is 0 Å². The van der Waals surface area contributed by atoms with E-state index < -0.39 is 9.84 Å². The molecule has 2 aromatic rings. The molecule has 0 aliphatic carbocycles. The number of pyridine rings is 1. The van der Waals surface area contributed by atoms with Gasteiger partial charge in [-0.25, -0.2) is 13.4 Å². The van der Waals surface area contributed by atoms with Gasteiger partial charge in [0.1, 0.15) is 4.60 Å². The van der Waals surface area contributed by atoms with Crippen LogP contribution in [0, 0.1) is 0 Å². The van der Waals surface area contributed by atoms with Crippen LogP contribution in [0.2, 0.25) is 0 Å². The van der Waals surface area contributed by atoms with Gasteiger partial charge in [0.05, 0.1) is 4.90 Å². The standard InChI is InChI=1S/C11H9BrN2O2S/c12-10-2-1-3-11(14-10)17(15,16)9-6-4-8(13)5-7-9/h1-7H,13H2. The van der Waals surface area contributed by atoms with Crippen LogP contribution in [0.5, 0.6) is 0 Å². The zero-order valence-electron chi connectivity index (χ0n) is 8.67. The molecule has 0 saturated heterocycles. The molecule has 0 unspecified atom stereocenters. The summed E-state index contributed by atoms with van der Waals surface area (Å²) in [5.41, 5.74) is 6.03. The van der Waals surface area contributed by atoms with E-state index in [-0.39, 0.29) is 9.92 Å². The average Bonchev–Trinajstić information content (AvgIpc) is 2.29. The van der Waals surface area contributed by atoms with Gasteiger partial charge in [0.2, 0.25) is 9.84 Å². The Bertz CT molecular complexity index is 639. The summed E-state index contributed by atoms with van der Waals surface area (Å²) in [5.74, 6) is 0. The molecule has 1 aromatic carbocycles. The Labute approximate surface area is 108 Å². The van der Waals surface area contributed by atoms with E-state index in [1.807, 2.05) is 0 Å². The molecule has 0 fully saturated rings. The number of nitrogens with two attached hydrogens (primary N) is 1. The molecule has 2 rings (SSSR count). The summed E-state index contributed by atoms with van der Waals surface area (Å²) >= 11 is 3.14. The van der Waals surface area contributed by atoms with Crippen LogP contribution in [0.4, 0.5) is 5.69 Å². The molecule has 1 heterocycles. The van der Waals surface area contributed by atoms with Gasteiger partial charge in [0.25, 0.3) is 0 Å². The molecule has 0 amide bonds. The fourth-order valence-corrected chi connectivity index (χ4v) is 2.98. The molecule has 1 aromatic heterocycles.